The van der Waals surface area contributed by atoms with E-state index < -0.39 is 0 Å². The minimum absolute atomic E-state index is 0.574. The zero-order valence-electron chi connectivity index (χ0n) is 33.4. The second kappa shape index (κ2) is 13.6. The molecular formula is C57H35N5. The fourth-order valence-electron chi connectivity index (χ4n) is 9.73. The molecule has 0 aliphatic carbocycles. The molecule has 0 saturated heterocycles. The molecule has 0 N–H and O–H groups in total. The summed E-state index contributed by atoms with van der Waals surface area (Å²) < 4.78 is 4.63. The predicted molar refractivity (Wildman–Crippen MR) is 257 cm³/mol. The van der Waals surface area contributed by atoms with E-state index in [9.17, 15) is 0 Å². The Morgan fingerprint density at radius 3 is 1.29 bits per heavy atom. The summed E-state index contributed by atoms with van der Waals surface area (Å²) in [5.74, 6) is 1.83. The third kappa shape index (κ3) is 5.25. The molecule has 0 atom stereocenters. The van der Waals surface area contributed by atoms with Crippen LogP contribution in [-0.4, -0.2) is 24.1 Å². The minimum Gasteiger partial charge on any atom is -0.309 e. The first kappa shape index (κ1) is 34.5. The lowest BCUT2D eigenvalue weighted by atomic mass is 9.92. The molecule has 288 valence electrons. The van der Waals surface area contributed by atoms with Gasteiger partial charge in [0, 0.05) is 38.4 Å². The molecule has 0 amide bonds. The zero-order chi connectivity index (χ0) is 40.7. The number of fused-ring (bicyclic) bond motifs is 12. The normalized spacial score (nSPS) is 11.9. The van der Waals surface area contributed by atoms with Crippen LogP contribution in [0.5, 0.6) is 0 Å². The third-order valence-corrected chi connectivity index (χ3v) is 12.5. The van der Waals surface area contributed by atoms with Crippen molar-refractivity contribution < 1.29 is 0 Å². The van der Waals surface area contributed by atoms with Gasteiger partial charge < -0.3 is 4.57 Å². The fourth-order valence-corrected chi connectivity index (χ4v) is 9.73. The van der Waals surface area contributed by atoms with Crippen LogP contribution in [0.1, 0.15) is 0 Å². The molecule has 0 aliphatic heterocycles. The first-order chi connectivity index (χ1) is 30.7. The van der Waals surface area contributed by atoms with Gasteiger partial charge in [0.15, 0.2) is 11.6 Å². The molecule has 62 heavy (non-hydrogen) atoms. The quantitative estimate of drug-likeness (QED) is 0.163. The Kier molecular flexibility index (Phi) is 7.54. The second-order valence-corrected chi connectivity index (χ2v) is 16.0. The van der Waals surface area contributed by atoms with Gasteiger partial charge in [0.1, 0.15) is 0 Å². The molecule has 13 rings (SSSR count). The summed E-state index contributed by atoms with van der Waals surface area (Å²) >= 11 is 0. The van der Waals surface area contributed by atoms with Gasteiger partial charge >= 0.3 is 0 Å². The van der Waals surface area contributed by atoms with Crippen LogP contribution in [0.25, 0.3) is 121 Å². The van der Waals surface area contributed by atoms with E-state index in [1.165, 1.54) is 48.7 Å². The van der Waals surface area contributed by atoms with Gasteiger partial charge in [-0.1, -0.05) is 170 Å². The van der Waals surface area contributed by atoms with Crippen LogP contribution in [0.3, 0.4) is 0 Å². The number of hydrogen-bond donors (Lipinski definition) is 0. The van der Waals surface area contributed by atoms with Gasteiger partial charge in [-0.2, -0.15) is 9.97 Å². The lowest BCUT2D eigenvalue weighted by Crippen LogP contribution is -2.06. The first-order valence-electron chi connectivity index (χ1n) is 21.0. The number of rotatable bonds is 5. The second-order valence-electron chi connectivity index (χ2n) is 16.0. The van der Waals surface area contributed by atoms with Crippen molar-refractivity contribution in [3.8, 4) is 45.5 Å². The molecular weight excluding hydrogens is 755 g/mol. The Hall–Kier alpha value is -8.41. The van der Waals surface area contributed by atoms with Crippen LogP contribution < -0.4 is 0 Å². The average Bonchev–Trinajstić information content (AvgIpc) is 3.85. The smallest absolute Gasteiger partial charge is 0.238 e. The summed E-state index contributed by atoms with van der Waals surface area (Å²) in [4.78, 5) is 15.4. The van der Waals surface area contributed by atoms with Crippen LogP contribution >= 0.6 is 0 Å². The van der Waals surface area contributed by atoms with E-state index >= 15 is 0 Å². The fraction of sp³-hybridized carbons (Fsp3) is 0. The van der Waals surface area contributed by atoms with Crippen LogP contribution in [0.4, 0.5) is 0 Å². The number of benzene rings is 10. The summed E-state index contributed by atoms with van der Waals surface area (Å²) in [5, 5.41) is 12.3. The maximum Gasteiger partial charge on any atom is 0.238 e. The van der Waals surface area contributed by atoms with Crippen LogP contribution in [0.2, 0.25) is 0 Å². The molecule has 0 fully saturated rings. The minimum atomic E-state index is 0.574. The molecule has 13 aromatic rings. The van der Waals surface area contributed by atoms with Crippen molar-refractivity contribution in [3.63, 3.8) is 0 Å². The van der Waals surface area contributed by atoms with Crippen LogP contribution in [-0.2, 0) is 0 Å². The van der Waals surface area contributed by atoms with E-state index in [0.717, 1.165) is 55.2 Å². The maximum absolute atomic E-state index is 5.21. The van der Waals surface area contributed by atoms with Gasteiger partial charge in [0.2, 0.25) is 5.95 Å². The Balaban J connectivity index is 1.05. The van der Waals surface area contributed by atoms with Gasteiger partial charge in [-0.25, -0.2) is 4.98 Å². The summed E-state index contributed by atoms with van der Waals surface area (Å²) in [7, 11) is 0. The monoisotopic (exact) mass is 789 g/mol. The topological polar surface area (TPSA) is 48.5 Å². The zero-order valence-corrected chi connectivity index (χ0v) is 33.4. The van der Waals surface area contributed by atoms with Gasteiger partial charge in [0.25, 0.3) is 0 Å². The third-order valence-electron chi connectivity index (χ3n) is 12.5. The highest BCUT2D eigenvalue weighted by Gasteiger charge is 2.21. The number of nitrogens with zero attached hydrogens (tertiary/aromatic N) is 5. The first-order valence-corrected chi connectivity index (χ1v) is 21.0. The van der Waals surface area contributed by atoms with Crippen molar-refractivity contribution in [3.05, 3.63) is 212 Å². The standard InChI is InChI=1S/C57H35N5/c1-3-16-36(17-4-1)55-58-56(37-18-5-2-6-19-37)60-57(59-55)62-52-29-14-12-27-47(52)50-34-49-46-26-11-13-28-51(46)61(53(49)35-54(50)62)40-21-15-20-38(32-40)39-30-31-45-43-24-8-7-22-41(43)42-23-9-10-25-44(42)48(45)33-39/h1-35H. The van der Waals surface area contributed by atoms with Crippen molar-refractivity contribution in [1.29, 1.82) is 0 Å². The summed E-state index contributed by atoms with van der Waals surface area (Å²) in [6.45, 7) is 0. The van der Waals surface area contributed by atoms with Gasteiger partial charge in [-0.3, -0.25) is 4.57 Å². The Bertz CT molecular complexity index is 3830. The van der Waals surface area contributed by atoms with E-state index in [2.05, 4.69) is 185 Å². The number of aromatic nitrogens is 5. The van der Waals surface area contributed by atoms with Gasteiger partial charge in [-0.15, -0.1) is 0 Å². The Morgan fingerprint density at radius 2 is 0.694 bits per heavy atom. The van der Waals surface area contributed by atoms with E-state index in [0.29, 0.717) is 17.6 Å². The number of hydrogen-bond acceptors (Lipinski definition) is 3. The highest BCUT2D eigenvalue weighted by molar-refractivity contribution is 6.26. The molecule has 0 saturated carbocycles. The van der Waals surface area contributed by atoms with Crippen LogP contribution in [0, 0.1) is 0 Å². The molecule has 5 nitrogen and oxygen atoms in total. The Morgan fingerprint density at radius 1 is 0.242 bits per heavy atom. The summed E-state index contributed by atoms with van der Waals surface area (Å²) in [6, 6.07) is 75.8. The highest BCUT2D eigenvalue weighted by atomic mass is 15.2. The van der Waals surface area contributed by atoms with E-state index in [-0.39, 0.29) is 0 Å². The van der Waals surface area contributed by atoms with Crippen LogP contribution in [0.15, 0.2) is 212 Å². The highest BCUT2D eigenvalue weighted by Crippen LogP contribution is 2.41. The van der Waals surface area contributed by atoms with Crippen molar-refractivity contribution in [2.45, 2.75) is 0 Å². The largest absolute Gasteiger partial charge is 0.309 e. The molecule has 0 spiro atoms. The maximum atomic E-state index is 5.21. The van der Waals surface area contributed by atoms with Gasteiger partial charge in [0.05, 0.1) is 22.1 Å². The predicted octanol–water partition coefficient (Wildman–Crippen LogP) is 14.5. The van der Waals surface area contributed by atoms with E-state index in [1.54, 1.807) is 0 Å². The molecule has 3 heterocycles. The molecule has 10 aromatic carbocycles. The van der Waals surface area contributed by atoms with E-state index in [4.69, 9.17) is 15.0 Å². The molecule has 0 aliphatic rings. The molecule has 0 bridgehead atoms. The van der Waals surface area contributed by atoms with Crippen molar-refractivity contribution in [2.24, 2.45) is 0 Å². The van der Waals surface area contributed by atoms with Crippen molar-refractivity contribution >= 4 is 75.9 Å². The summed E-state index contributed by atoms with van der Waals surface area (Å²) in [5.41, 5.74) is 9.63. The lowest BCUT2D eigenvalue weighted by Gasteiger charge is -2.14. The Labute approximate surface area is 356 Å². The summed E-state index contributed by atoms with van der Waals surface area (Å²) in [6.07, 6.45) is 0. The van der Waals surface area contributed by atoms with E-state index in [1.807, 2.05) is 36.4 Å². The average molecular weight is 790 g/mol. The van der Waals surface area contributed by atoms with Crippen molar-refractivity contribution in [2.75, 3.05) is 0 Å². The van der Waals surface area contributed by atoms with Gasteiger partial charge in [-0.05, 0) is 85.9 Å². The van der Waals surface area contributed by atoms with Crippen molar-refractivity contribution in [1.82, 2.24) is 24.1 Å². The lowest BCUT2D eigenvalue weighted by molar-refractivity contribution is 0.953. The SMILES string of the molecule is c1ccc(-c2nc(-c3ccccc3)nc(-n3c4ccccc4c4cc5c6ccccc6n(-c6cccc(-c7ccc8c9ccccc9c9ccccc9c8c7)c6)c5cc43)n2)cc1. The number of para-hydroxylation sites is 2. The molecule has 3 aromatic heterocycles. The molecule has 5 heteroatoms. The molecule has 0 radical (unpaired) electrons. The molecule has 0 unspecified atom stereocenters.